The summed E-state index contributed by atoms with van der Waals surface area (Å²) in [4.78, 5) is 15.4. The highest BCUT2D eigenvalue weighted by Gasteiger charge is 2.35. The third-order valence-electron chi connectivity index (χ3n) is 5.97. The number of amides is 1. The molecule has 4 rings (SSSR count). The van der Waals surface area contributed by atoms with Gasteiger partial charge in [0.15, 0.2) is 0 Å². The number of methoxy groups -OCH3 is 1. The van der Waals surface area contributed by atoms with Gasteiger partial charge in [0.05, 0.1) is 17.7 Å². The van der Waals surface area contributed by atoms with Crippen LogP contribution in [0, 0.1) is 13.8 Å². The Morgan fingerprint density at radius 2 is 1.70 bits per heavy atom. The molecule has 1 aliphatic heterocycles. The Morgan fingerprint density at radius 3 is 2.39 bits per heavy atom. The van der Waals surface area contributed by atoms with Crippen molar-refractivity contribution in [2.24, 2.45) is 0 Å². The second-order valence-electron chi connectivity index (χ2n) is 8.45. The van der Waals surface area contributed by atoms with Crippen LogP contribution in [0.15, 0.2) is 71.6 Å². The Bertz CT molecular complexity index is 1290. The third-order valence-corrected chi connectivity index (χ3v) is 7.74. The van der Waals surface area contributed by atoms with Crippen molar-refractivity contribution < 1.29 is 17.9 Å². The maximum Gasteiger partial charge on any atom is 0.264 e. The molecule has 0 aromatic heterocycles. The monoisotopic (exact) mass is 464 g/mol. The molecule has 0 N–H and O–H groups in total. The van der Waals surface area contributed by atoms with Gasteiger partial charge in [0, 0.05) is 11.7 Å². The molecule has 0 bridgehead atoms. The molecule has 1 aliphatic rings. The number of fused-ring (bicyclic) bond motifs is 1. The summed E-state index contributed by atoms with van der Waals surface area (Å²) < 4.78 is 34.3. The average molecular weight is 465 g/mol. The standard InChI is InChI=1S/C26H28N2O4S/c1-18-9-12-22(13-10-18)33(30,31)27(24-15-19(2)11-14-25(24)32-4)17-26(29)28-20(3)16-21-7-5-6-8-23(21)28/h5-15,20H,16-17H2,1-4H3. The zero-order chi connectivity index (χ0) is 23.8. The van der Waals surface area contributed by atoms with Gasteiger partial charge in [-0.3, -0.25) is 9.10 Å². The van der Waals surface area contributed by atoms with E-state index in [0.29, 0.717) is 11.4 Å². The fourth-order valence-corrected chi connectivity index (χ4v) is 5.69. The summed E-state index contributed by atoms with van der Waals surface area (Å²) in [5.41, 5.74) is 4.07. The number of hydrogen-bond acceptors (Lipinski definition) is 4. The van der Waals surface area contributed by atoms with Crippen molar-refractivity contribution in [3.05, 3.63) is 83.4 Å². The largest absolute Gasteiger partial charge is 0.495 e. The topological polar surface area (TPSA) is 66.9 Å². The van der Waals surface area contributed by atoms with Crippen molar-refractivity contribution >= 4 is 27.3 Å². The second-order valence-corrected chi connectivity index (χ2v) is 10.3. The first-order valence-electron chi connectivity index (χ1n) is 10.9. The van der Waals surface area contributed by atoms with Crippen molar-refractivity contribution in [1.29, 1.82) is 0 Å². The normalized spacial score (nSPS) is 15.3. The Balaban J connectivity index is 1.79. The molecule has 6 nitrogen and oxygen atoms in total. The van der Waals surface area contributed by atoms with E-state index in [9.17, 15) is 13.2 Å². The molecule has 0 saturated heterocycles. The number of sulfonamides is 1. The predicted molar refractivity (Wildman–Crippen MR) is 131 cm³/mol. The molecule has 1 heterocycles. The number of hydrogen-bond donors (Lipinski definition) is 0. The lowest BCUT2D eigenvalue weighted by Gasteiger charge is -2.29. The molecule has 7 heteroatoms. The van der Waals surface area contributed by atoms with Crippen LogP contribution in [-0.4, -0.2) is 34.0 Å². The molecule has 1 amide bonds. The van der Waals surface area contributed by atoms with Crippen molar-refractivity contribution in [1.82, 2.24) is 0 Å². The van der Waals surface area contributed by atoms with E-state index >= 15 is 0 Å². The summed E-state index contributed by atoms with van der Waals surface area (Å²) in [6.07, 6.45) is 0.736. The average Bonchev–Trinajstić information content (AvgIpc) is 3.13. The van der Waals surface area contributed by atoms with Crippen molar-refractivity contribution in [2.45, 2.75) is 38.1 Å². The van der Waals surface area contributed by atoms with Crippen LogP contribution in [0.2, 0.25) is 0 Å². The first-order chi connectivity index (χ1) is 15.7. The lowest BCUT2D eigenvalue weighted by atomic mass is 10.1. The summed E-state index contributed by atoms with van der Waals surface area (Å²) in [5, 5.41) is 0. The van der Waals surface area contributed by atoms with E-state index in [-0.39, 0.29) is 23.4 Å². The van der Waals surface area contributed by atoms with Crippen LogP contribution >= 0.6 is 0 Å². The summed E-state index contributed by atoms with van der Waals surface area (Å²) in [6, 6.07) is 19.6. The van der Waals surface area contributed by atoms with Gasteiger partial charge < -0.3 is 9.64 Å². The molecule has 0 radical (unpaired) electrons. The van der Waals surface area contributed by atoms with E-state index in [0.717, 1.165) is 28.8 Å². The number of ether oxygens (including phenoxy) is 1. The van der Waals surface area contributed by atoms with Crippen LogP contribution in [0.4, 0.5) is 11.4 Å². The fourth-order valence-electron chi connectivity index (χ4n) is 4.28. The number of nitrogens with zero attached hydrogens (tertiary/aromatic N) is 2. The fraction of sp³-hybridized carbons (Fsp3) is 0.269. The molecule has 33 heavy (non-hydrogen) atoms. The van der Waals surface area contributed by atoms with Gasteiger partial charge >= 0.3 is 0 Å². The van der Waals surface area contributed by atoms with E-state index in [4.69, 9.17) is 4.74 Å². The lowest BCUT2D eigenvalue weighted by Crippen LogP contribution is -2.45. The summed E-state index contributed by atoms with van der Waals surface area (Å²) in [6.45, 7) is 5.41. The molecule has 0 saturated carbocycles. The minimum absolute atomic E-state index is 0.0572. The predicted octanol–water partition coefficient (Wildman–Crippen LogP) is 4.49. The van der Waals surface area contributed by atoms with Gasteiger partial charge in [0.2, 0.25) is 5.91 Å². The number of carbonyl (C=O) groups is 1. The second kappa shape index (κ2) is 8.90. The molecular formula is C26H28N2O4S. The minimum Gasteiger partial charge on any atom is -0.495 e. The highest BCUT2D eigenvalue weighted by atomic mass is 32.2. The maximum atomic E-state index is 13.8. The smallest absolute Gasteiger partial charge is 0.264 e. The maximum absolute atomic E-state index is 13.8. The van der Waals surface area contributed by atoms with Crippen molar-refractivity contribution in [3.63, 3.8) is 0 Å². The van der Waals surface area contributed by atoms with Gasteiger partial charge in [-0.25, -0.2) is 8.42 Å². The summed E-state index contributed by atoms with van der Waals surface area (Å²) >= 11 is 0. The van der Waals surface area contributed by atoms with Gasteiger partial charge in [0.25, 0.3) is 10.0 Å². The van der Waals surface area contributed by atoms with Gasteiger partial charge in [-0.15, -0.1) is 0 Å². The van der Waals surface area contributed by atoms with E-state index in [1.54, 1.807) is 41.3 Å². The molecule has 0 aliphatic carbocycles. The molecule has 172 valence electrons. The quantitative estimate of drug-likeness (QED) is 0.539. The van der Waals surface area contributed by atoms with Gasteiger partial charge in [-0.1, -0.05) is 42.0 Å². The Morgan fingerprint density at radius 1 is 1.03 bits per heavy atom. The Labute approximate surface area is 195 Å². The number of para-hydroxylation sites is 1. The number of benzene rings is 3. The SMILES string of the molecule is COc1ccc(C)cc1N(CC(=O)N1c2ccccc2CC1C)S(=O)(=O)c1ccc(C)cc1. The van der Waals surface area contributed by atoms with Crippen LogP contribution in [0.3, 0.4) is 0 Å². The lowest BCUT2D eigenvalue weighted by molar-refractivity contribution is -0.117. The van der Waals surface area contributed by atoms with Crippen LogP contribution in [0.5, 0.6) is 5.75 Å². The molecule has 1 atom stereocenters. The minimum atomic E-state index is -4.03. The molecule has 0 spiro atoms. The van der Waals surface area contributed by atoms with E-state index in [1.807, 2.05) is 51.1 Å². The zero-order valence-electron chi connectivity index (χ0n) is 19.3. The number of aryl methyl sites for hydroxylation is 2. The number of anilines is 2. The van der Waals surface area contributed by atoms with E-state index in [1.165, 1.54) is 11.4 Å². The zero-order valence-corrected chi connectivity index (χ0v) is 20.1. The number of rotatable bonds is 6. The Kier molecular flexibility index (Phi) is 6.17. The molecular weight excluding hydrogens is 436 g/mol. The molecule has 3 aromatic carbocycles. The van der Waals surface area contributed by atoms with Crippen LogP contribution in [0.25, 0.3) is 0 Å². The van der Waals surface area contributed by atoms with Gasteiger partial charge in [0.1, 0.15) is 12.3 Å². The van der Waals surface area contributed by atoms with E-state index < -0.39 is 10.0 Å². The van der Waals surface area contributed by atoms with Crippen LogP contribution in [-0.2, 0) is 21.2 Å². The Hall–Kier alpha value is -3.32. The third kappa shape index (κ3) is 4.33. The van der Waals surface area contributed by atoms with E-state index in [2.05, 4.69) is 0 Å². The number of carbonyl (C=O) groups excluding carboxylic acids is 1. The van der Waals surface area contributed by atoms with Crippen molar-refractivity contribution in [3.8, 4) is 5.75 Å². The molecule has 1 unspecified atom stereocenters. The van der Waals surface area contributed by atoms with Gasteiger partial charge in [-0.2, -0.15) is 0 Å². The summed E-state index contributed by atoms with van der Waals surface area (Å²) in [7, 11) is -2.54. The highest BCUT2D eigenvalue weighted by Crippen LogP contribution is 2.36. The first-order valence-corrected chi connectivity index (χ1v) is 12.3. The highest BCUT2D eigenvalue weighted by molar-refractivity contribution is 7.92. The van der Waals surface area contributed by atoms with Crippen LogP contribution < -0.4 is 13.9 Å². The van der Waals surface area contributed by atoms with Gasteiger partial charge in [-0.05, 0) is 68.7 Å². The summed E-state index contributed by atoms with van der Waals surface area (Å²) in [5.74, 6) is 0.102. The van der Waals surface area contributed by atoms with Crippen LogP contribution in [0.1, 0.15) is 23.6 Å². The molecule has 0 fully saturated rings. The first kappa shape index (κ1) is 22.9. The molecule has 3 aromatic rings. The van der Waals surface area contributed by atoms with Crippen molar-refractivity contribution in [2.75, 3.05) is 22.9 Å².